The molecule has 1 aliphatic heterocycles. The molecule has 1 aliphatic carbocycles. The normalized spacial score (nSPS) is 26.9. The molecule has 4 nitrogen and oxygen atoms in total. The van der Waals surface area contributed by atoms with E-state index in [0.29, 0.717) is 30.7 Å². The van der Waals surface area contributed by atoms with E-state index >= 15 is 0 Å². The molecule has 1 saturated heterocycles. The van der Waals surface area contributed by atoms with E-state index in [2.05, 4.69) is 0 Å². The predicted octanol–water partition coefficient (Wildman–Crippen LogP) is 1.99. The fourth-order valence-corrected chi connectivity index (χ4v) is 5.46. The minimum atomic E-state index is -3.05. The van der Waals surface area contributed by atoms with Crippen LogP contribution in [0.25, 0.3) is 0 Å². The first-order chi connectivity index (χ1) is 9.12. The van der Waals surface area contributed by atoms with Gasteiger partial charge in [0.2, 0.25) is 10.0 Å². The molecule has 2 aliphatic rings. The van der Waals surface area contributed by atoms with E-state index in [4.69, 9.17) is 5.11 Å². The van der Waals surface area contributed by atoms with Crippen LogP contribution in [0.1, 0.15) is 51.4 Å². The summed E-state index contributed by atoms with van der Waals surface area (Å²) in [6, 6.07) is 0. The molecule has 0 radical (unpaired) electrons. The maximum atomic E-state index is 12.4. The first-order valence-electron chi connectivity index (χ1n) is 7.70. The van der Waals surface area contributed by atoms with Crippen LogP contribution in [0.2, 0.25) is 0 Å². The zero-order chi connectivity index (χ0) is 13.7. The smallest absolute Gasteiger partial charge is 0.214 e. The quantitative estimate of drug-likeness (QED) is 0.813. The predicted molar refractivity (Wildman–Crippen MR) is 76.4 cm³/mol. The molecule has 112 valence electrons. The van der Waals surface area contributed by atoms with Gasteiger partial charge in [0.25, 0.3) is 0 Å². The standard InChI is InChI=1S/C14H27NO3S/c16-10-4-8-13-7-3-9-15(11-13)19(17,18)12-14-5-1-2-6-14/h13-14,16H,1-12H2. The third-order valence-corrected chi connectivity index (χ3v) is 6.58. The molecule has 1 unspecified atom stereocenters. The second-order valence-electron chi connectivity index (χ2n) is 6.16. The Morgan fingerprint density at radius 2 is 1.74 bits per heavy atom. The Balaban J connectivity index is 1.87. The highest BCUT2D eigenvalue weighted by Gasteiger charge is 2.31. The summed E-state index contributed by atoms with van der Waals surface area (Å²) in [4.78, 5) is 0. The van der Waals surface area contributed by atoms with Crippen LogP contribution in [-0.4, -0.2) is 43.3 Å². The number of rotatable bonds is 6. The van der Waals surface area contributed by atoms with Gasteiger partial charge in [-0.05, 0) is 50.4 Å². The molecular weight excluding hydrogens is 262 g/mol. The number of hydrogen-bond donors (Lipinski definition) is 1. The van der Waals surface area contributed by atoms with E-state index in [9.17, 15) is 8.42 Å². The van der Waals surface area contributed by atoms with Gasteiger partial charge in [0.15, 0.2) is 0 Å². The highest BCUT2D eigenvalue weighted by Crippen LogP contribution is 2.29. The van der Waals surface area contributed by atoms with Crippen molar-refractivity contribution in [3.05, 3.63) is 0 Å². The molecule has 1 N–H and O–H groups in total. The molecule has 0 amide bonds. The summed E-state index contributed by atoms with van der Waals surface area (Å²) in [5.41, 5.74) is 0. The Hall–Kier alpha value is -0.130. The molecule has 0 aromatic rings. The molecule has 5 heteroatoms. The molecule has 19 heavy (non-hydrogen) atoms. The van der Waals surface area contributed by atoms with Gasteiger partial charge >= 0.3 is 0 Å². The Kier molecular flexibility index (Phi) is 5.66. The molecule has 1 atom stereocenters. The first kappa shape index (κ1) is 15.3. The van der Waals surface area contributed by atoms with Gasteiger partial charge in [-0.3, -0.25) is 0 Å². The summed E-state index contributed by atoms with van der Waals surface area (Å²) >= 11 is 0. The zero-order valence-electron chi connectivity index (χ0n) is 11.8. The molecule has 2 fully saturated rings. The Labute approximate surface area is 117 Å². The lowest BCUT2D eigenvalue weighted by molar-refractivity contribution is 0.224. The number of piperidine rings is 1. The summed E-state index contributed by atoms with van der Waals surface area (Å²) in [6.07, 6.45) is 8.38. The van der Waals surface area contributed by atoms with Gasteiger partial charge in [0.05, 0.1) is 5.75 Å². The number of sulfonamides is 1. The van der Waals surface area contributed by atoms with Gasteiger partial charge in [-0.1, -0.05) is 12.8 Å². The van der Waals surface area contributed by atoms with Crippen LogP contribution in [0.5, 0.6) is 0 Å². The van der Waals surface area contributed by atoms with Crippen molar-refractivity contribution in [2.75, 3.05) is 25.4 Å². The first-order valence-corrected chi connectivity index (χ1v) is 9.31. The molecule has 0 aromatic carbocycles. The second kappa shape index (κ2) is 7.04. The molecule has 0 aromatic heterocycles. The summed E-state index contributed by atoms with van der Waals surface area (Å²) in [5, 5.41) is 8.88. The van der Waals surface area contributed by atoms with Crippen molar-refractivity contribution < 1.29 is 13.5 Å². The molecule has 1 heterocycles. The summed E-state index contributed by atoms with van der Waals surface area (Å²) in [7, 11) is -3.05. The van der Waals surface area contributed by atoms with Gasteiger partial charge in [-0.15, -0.1) is 0 Å². The average Bonchev–Trinajstić information content (AvgIpc) is 2.89. The van der Waals surface area contributed by atoms with Crippen molar-refractivity contribution in [3.63, 3.8) is 0 Å². The van der Waals surface area contributed by atoms with Gasteiger partial charge in [-0.25, -0.2) is 12.7 Å². The monoisotopic (exact) mass is 289 g/mol. The van der Waals surface area contributed by atoms with E-state index in [1.165, 1.54) is 12.8 Å². The highest BCUT2D eigenvalue weighted by molar-refractivity contribution is 7.89. The molecule has 1 saturated carbocycles. The van der Waals surface area contributed by atoms with Crippen molar-refractivity contribution in [2.45, 2.75) is 51.4 Å². The van der Waals surface area contributed by atoms with E-state index in [-0.39, 0.29) is 6.61 Å². The lowest BCUT2D eigenvalue weighted by Gasteiger charge is -2.32. The van der Waals surface area contributed by atoms with Crippen molar-refractivity contribution in [3.8, 4) is 0 Å². The van der Waals surface area contributed by atoms with Crippen molar-refractivity contribution in [1.82, 2.24) is 4.31 Å². The third-order valence-electron chi connectivity index (χ3n) is 4.57. The largest absolute Gasteiger partial charge is 0.396 e. The summed E-state index contributed by atoms with van der Waals surface area (Å²) in [5.74, 6) is 1.20. The minimum absolute atomic E-state index is 0.214. The van der Waals surface area contributed by atoms with Crippen molar-refractivity contribution in [2.24, 2.45) is 11.8 Å². The Morgan fingerprint density at radius 1 is 1.05 bits per heavy atom. The van der Waals surface area contributed by atoms with Crippen LogP contribution in [0.15, 0.2) is 0 Å². The molecule has 0 spiro atoms. The lowest BCUT2D eigenvalue weighted by atomic mass is 9.95. The minimum Gasteiger partial charge on any atom is -0.396 e. The Bertz CT molecular complexity index is 363. The number of aliphatic hydroxyl groups is 1. The van der Waals surface area contributed by atoms with Gasteiger partial charge < -0.3 is 5.11 Å². The van der Waals surface area contributed by atoms with Crippen molar-refractivity contribution in [1.29, 1.82) is 0 Å². The van der Waals surface area contributed by atoms with Gasteiger partial charge in [0.1, 0.15) is 0 Å². The molecular formula is C14H27NO3S. The average molecular weight is 289 g/mol. The fourth-order valence-electron chi connectivity index (χ4n) is 3.48. The van der Waals surface area contributed by atoms with Crippen LogP contribution < -0.4 is 0 Å². The zero-order valence-corrected chi connectivity index (χ0v) is 12.6. The van der Waals surface area contributed by atoms with E-state index in [1.807, 2.05) is 0 Å². The number of aliphatic hydroxyl groups excluding tert-OH is 1. The Morgan fingerprint density at radius 3 is 2.42 bits per heavy atom. The van der Waals surface area contributed by atoms with Crippen LogP contribution in [0.3, 0.4) is 0 Å². The number of nitrogens with zero attached hydrogens (tertiary/aromatic N) is 1. The topological polar surface area (TPSA) is 57.6 Å². The van der Waals surface area contributed by atoms with E-state index < -0.39 is 10.0 Å². The highest BCUT2D eigenvalue weighted by atomic mass is 32.2. The van der Waals surface area contributed by atoms with E-state index in [0.717, 1.165) is 38.5 Å². The summed E-state index contributed by atoms with van der Waals surface area (Å²) in [6.45, 7) is 1.59. The van der Waals surface area contributed by atoms with Crippen LogP contribution in [0, 0.1) is 11.8 Å². The van der Waals surface area contributed by atoms with Crippen LogP contribution in [-0.2, 0) is 10.0 Å². The van der Waals surface area contributed by atoms with Gasteiger partial charge in [0, 0.05) is 19.7 Å². The molecule has 0 bridgehead atoms. The van der Waals surface area contributed by atoms with Crippen LogP contribution >= 0.6 is 0 Å². The lowest BCUT2D eigenvalue weighted by Crippen LogP contribution is -2.42. The maximum absolute atomic E-state index is 12.4. The van der Waals surface area contributed by atoms with Crippen LogP contribution in [0.4, 0.5) is 0 Å². The second-order valence-corrected chi connectivity index (χ2v) is 8.17. The maximum Gasteiger partial charge on any atom is 0.214 e. The molecule has 2 rings (SSSR count). The third kappa shape index (κ3) is 4.43. The van der Waals surface area contributed by atoms with Crippen molar-refractivity contribution >= 4 is 10.0 Å². The SMILES string of the molecule is O=S(=O)(CC1CCCC1)N1CCCC(CCCO)C1. The van der Waals surface area contributed by atoms with Gasteiger partial charge in [-0.2, -0.15) is 0 Å². The van der Waals surface area contributed by atoms with E-state index in [1.54, 1.807) is 4.31 Å². The summed E-state index contributed by atoms with van der Waals surface area (Å²) < 4.78 is 26.6. The fraction of sp³-hybridized carbons (Fsp3) is 1.00. The number of hydrogen-bond acceptors (Lipinski definition) is 3.